The summed E-state index contributed by atoms with van der Waals surface area (Å²) in [6.07, 6.45) is 6.41. The third-order valence-electron chi connectivity index (χ3n) is 4.00. The van der Waals surface area contributed by atoms with Gasteiger partial charge in [0.25, 0.3) is 0 Å². The van der Waals surface area contributed by atoms with E-state index in [0.717, 1.165) is 5.56 Å². The van der Waals surface area contributed by atoms with Crippen molar-refractivity contribution in [2.24, 2.45) is 16.8 Å². The Hall–Kier alpha value is -2.23. The van der Waals surface area contributed by atoms with Gasteiger partial charge in [-0.1, -0.05) is 37.3 Å². The fourth-order valence-electron chi connectivity index (χ4n) is 2.84. The van der Waals surface area contributed by atoms with Gasteiger partial charge in [-0.05, 0) is 30.3 Å². The fourth-order valence-corrected chi connectivity index (χ4v) is 2.84. The second-order valence-electron chi connectivity index (χ2n) is 5.44. The first-order valence-corrected chi connectivity index (χ1v) is 6.99. The summed E-state index contributed by atoms with van der Waals surface area (Å²) in [6.45, 7) is 4.37. The lowest BCUT2D eigenvalue weighted by atomic mass is 9.84. The largest absolute Gasteiger partial charge is 0.385 e. The highest BCUT2D eigenvalue weighted by atomic mass is 15.3. The molecule has 0 saturated carbocycles. The molecule has 0 aliphatic carbocycles. The minimum atomic E-state index is 0.152. The lowest BCUT2D eigenvalue weighted by molar-refractivity contribution is 0.436. The molecule has 4 N–H and O–H groups in total. The van der Waals surface area contributed by atoms with Crippen molar-refractivity contribution in [3.63, 3.8) is 0 Å². The third-order valence-corrected chi connectivity index (χ3v) is 4.00. The number of rotatable bonds is 2. The van der Waals surface area contributed by atoms with Gasteiger partial charge in [-0.15, -0.1) is 0 Å². The molecule has 2 heterocycles. The second kappa shape index (κ2) is 5.04. The molecule has 4 nitrogen and oxygen atoms in total. The van der Waals surface area contributed by atoms with E-state index < -0.39 is 0 Å². The van der Waals surface area contributed by atoms with Crippen molar-refractivity contribution in [1.82, 2.24) is 10.7 Å². The highest BCUT2D eigenvalue weighted by molar-refractivity contribution is 5.99. The van der Waals surface area contributed by atoms with Crippen molar-refractivity contribution in [1.29, 1.82) is 0 Å². The second-order valence-corrected chi connectivity index (χ2v) is 5.44. The van der Waals surface area contributed by atoms with Gasteiger partial charge in [-0.25, -0.2) is 0 Å². The van der Waals surface area contributed by atoms with Crippen LogP contribution in [0.5, 0.6) is 0 Å². The topological polar surface area (TPSA) is 62.4 Å². The fraction of sp³-hybridized carbons (Fsp3) is 0.312. The van der Waals surface area contributed by atoms with E-state index in [2.05, 4.69) is 47.9 Å². The van der Waals surface area contributed by atoms with E-state index in [1.54, 1.807) is 0 Å². The van der Waals surface area contributed by atoms with Crippen molar-refractivity contribution >= 4 is 5.84 Å². The zero-order valence-electron chi connectivity index (χ0n) is 11.8. The van der Waals surface area contributed by atoms with Crippen LogP contribution < -0.4 is 16.5 Å². The number of nitrogens with zero attached hydrogens (tertiary/aromatic N) is 1. The highest BCUT2D eigenvalue weighted by Gasteiger charge is 2.27. The standard InChI is InChI=1S/C16H20N4/c1-10-9-12(7-8-18-10)11(2)15-13-5-3-4-6-14(13)16(17)20-19-15/h3-11,15,18-19H,1-2H3,(H2,17,20). The van der Waals surface area contributed by atoms with E-state index in [0.29, 0.717) is 17.8 Å². The van der Waals surface area contributed by atoms with Gasteiger partial charge in [0.2, 0.25) is 0 Å². The predicted octanol–water partition coefficient (Wildman–Crippen LogP) is 2.02. The number of hydrogen-bond donors (Lipinski definition) is 3. The molecule has 3 unspecified atom stereocenters. The van der Waals surface area contributed by atoms with Crippen LogP contribution in [0.1, 0.15) is 31.0 Å². The molecular weight excluding hydrogens is 248 g/mol. The predicted molar refractivity (Wildman–Crippen MR) is 82.0 cm³/mol. The summed E-state index contributed by atoms with van der Waals surface area (Å²) in [4.78, 5) is 0. The normalized spacial score (nSPS) is 25.7. The molecule has 0 bridgehead atoms. The molecule has 20 heavy (non-hydrogen) atoms. The van der Waals surface area contributed by atoms with Crippen LogP contribution in [-0.4, -0.2) is 11.9 Å². The van der Waals surface area contributed by atoms with Gasteiger partial charge in [-0.3, -0.25) is 5.43 Å². The van der Waals surface area contributed by atoms with Gasteiger partial charge in [0, 0.05) is 17.5 Å². The van der Waals surface area contributed by atoms with Crippen LogP contribution in [-0.2, 0) is 0 Å². The number of hydrogen-bond acceptors (Lipinski definition) is 4. The average molecular weight is 268 g/mol. The van der Waals surface area contributed by atoms with Crippen molar-refractivity contribution < 1.29 is 0 Å². The van der Waals surface area contributed by atoms with Crippen LogP contribution in [0.15, 0.2) is 53.3 Å². The Balaban J connectivity index is 1.94. The highest BCUT2D eigenvalue weighted by Crippen LogP contribution is 2.33. The molecule has 0 amide bonds. The Morgan fingerprint density at radius 2 is 2.10 bits per heavy atom. The zero-order valence-corrected chi connectivity index (χ0v) is 11.8. The number of amidine groups is 1. The molecule has 0 aromatic heterocycles. The summed E-state index contributed by atoms with van der Waals surface area (Å²) in [5, 5.41) is 7.54. The maximum absolute atomic E-state index is 5.96. The molecule has 104 valence electrons. The van der Waals surface area contributed by atoms with Crippen LogP contribution in [0.4, 0.5) is 0 Å². The number of fused-ring (bicyclic) bond motifs is 1. The Bertz CT molecular complexity index is 600. The summed E-state index contributed by atoms with van der Waals surface area (Å²) in [5.41, 5.74) is 12.7. The number of benzene rings is 1. The van der Waals surface area contributed by atoms with Gasteiger partial charge in [-0.2, -0.15) is 5.10 Å². The van der Waals surface area contributed by atoms with Gasteiger partial charge in [0.05, 0.1) is 6.04 Å². The van der Waals surface area contributed by atoms with Crippen LogP contribution in [0.3, 0.4) is 0 Å². The number of hydrazone groups is 1. The quantitative estimate of drug-likeness (QED) is 0.769. The number of nitrogens with one attached hydrogen (secondary N) is 2. The smallest absolute Gasteiger partial charge is 0.150 e. The van der Waals surface area contributed by atoms with Crippen LogP contribution in [0, 0.1) is 5.92 Å². The molecule has 4 heteroatoms. The monoisotopic (exact) mass is 268 g/mol. The van der Waals surface area contributed by atoms with E-state index in [9.17, 15) is 0 Å². The first kappa shape index (κ1) is 12.8. The van der Waals surface area contributed by atoms with Gasteiger partial charge in [0.15, 0.2) is 5.84 Å². The van der Waals surface area contributed by atoms with E-state index in [-0.39, 0.29) is 6.04 Å². The third kappa shape index (κ3) is 2.18. The molecule has 2 aliphatic rings. The van der Waals surface area contributed by atoms with Crippen LogP contribution in [0.25, 0.3) is 0 Å². The first-order chi connectivity index (χ1) is 9.66. The lowest BCUT2D eigenvalue weighted by Gasteiger charge is -2.31. The van der Waals surface area contributed by atoms with Crippen molar-refractivity contribution in [3.05, 3.63) is 59.3 Å². The molecule has 0 fully saturated rings. The van der Waals surface area contributed by atoms with Crippen LogP contribution >= 0.6 is 0 Å². The molecule has 0 spiro atoms. The summed E-state index contributed by atoms with van der Waals surface area (Å²) in [7, 11) is 0. The number of dihydropyridines is 1. The zero-order chi connectivity index (χ0) is 14.1. The maximum Gasteiger partial charge on any atom is 0.150 e. The number of allylic oxidation sites excluding steroid dienone is 1. The first-order valence-electron chi connectivity index (χ1n) is 6.99. The van der Waals surface area contributed by atoms with Gasteiger partial charge >= 0.3 is 0 Å². The summed E-state index contributed by atoms with van der Waals surface area (Å²) in [5.74, 6) is 0.890. The van der Waals surface area contributed by atoms with E-state index >= 15 is 0 Å². The Morgan fingerprint density at radius 3 is 2.90 bits per heavy atom. The molecule has 2 aliphatic heterocycles. The molecule has 3 atom stereocenters. The molecular formula is C16H20N4. The summed E-state index contributed by atoms with van der Waals surface area (Å²) < 4.78 is 0. The molecule has 0 saturated heterocycles. The summed E-state index contributed by atoms with van der Waals surface area (Å²) >= 11 is 0. The molecule has 3 rings (SSSR count). The summed E-state index contributed by atoms with van der Waals surface area (Å²) in [6, 6.07) is 8.72. The van der Waals surface area contributed by atoms with E-state index in [1.165, 1.54) is 11.1 Å². The average Bonchev–Trinajstić information content (AvgIpc) is 2.47. The van der Waals surface area contributed by atoms with Crippen molar-refractivity contribution in [2.75, 3.05) is 0 Å². The maximum atomic E-state index is 5.96. The minimum Gasteiger partial charge on any atom is -0.385 e. The Labute approximate surface area is 119 Å². The van der Waals surface area contributed by atoms with E-state index in [4.69, 9.17) is 5.73 Å². The van der Waals surface area contributed by atoms with E-state index in [1.807, 2.05) is 24.4 Å². The van der Waals surface area contributed by atoms with Crippen molar-refractivity contribution in [2.45, 2.75) is 25.9 Å². The molecule has 0 radical (unpaired) electrons. The lowest BCUT2D eigenvalue weighted by Crippen LogP contribution is -2.34. The Morgan fingerprint density at radius 1 is 1.30 bits per heavy atom. The minimum absolute atomic E-state index is 0.152. The number of nitrogens with two attached hydrogens (primary N) is 1. The van der Waals surface area contributed by atoms with Crippen LogP contribution in [0.2, 0.25) is 0 Å². The molecule has 1 aromatic carbocycles. The van der Waals surface area contributed by atoms with Gasteiger partial charge in [0.1, 0.15) is 0 Å². The van der Waals surface area contributed by atoms with Gasteiger partial charge < -0.3 is 11.1 Å². The molecule has 1 aromatic rings. The SMILES string of the molecule is CC1C=C(C(C)C2NN=C(N)c3ccccc32)C=CN1. The Kier molecular flexibility index (Phi) is 3.22. The van der Waals surface area contributed by atoms with Crippen molar-refractivity contribution in [3.8, 4) is 0 Å².